The van der Waals surface area contributed by atoms with Gasteiger partial charge in [-0.05, 0) is 25.3 Å². The van der Waals surface area contributed by atoms with Crippen molar-refractivity contribution in [3.8, 4) is 0 Å². The Bertz CT molecular complexity index is 415. The van der Waals surface area contributed by atoms with Gasteiger partial charge in [-0.15, -0.1) is 0 Å². The van der Waals surface area contributed by atoms with Gasteiger partial charge in [0.05, 0.1) is 24.7 Å². The van der Waals surface area contributed by atoms with Crippen LogP contribution in [0.4, 0.5) is 0 Å². The van der Waals surface area contributed by atoms with Gasteiger partial charge in [0.2, 0.25) is 5.91 Å². The number of nitrogens with one attached hydrogen (secondary N) is 1. The molecule has 1 aromatic carbocycles. The number of aliphatic hydroxyl groups is 1. The normalized spacial score (nSPS) is 21.4. The van der Waals surface area contributed by atoms with Gasteiger partial charge >= 0.3 is 0 Å². The van der Waals surface area contributed by atoms with Crippen LogP contribution in [0.2, 0.25) is 0 Å². The van der Waals surface area contributed by atoms with E-state index in [4.69, 9.17) is 4.74 Å². The molecule has 2 N–H and O–H groups in total. The third-order valence-corrected chi connectivity index (χ3v) is 3.69. The zero-order valence-electron chi connectivity index (χ0n) is 11.9. The van der Waals surface area contributed by atoms with Crippen molar-refractivity contribution in [2.24, 2.45) is 0 Å². The summed E-state index contributed by atoms with van der Waals surface area (Å²) in [4.78, 5) is 11.9. The number of benzene rings is 1. The number of carbonyl (C=O) groups excluding carboxylic acids is 1. The summed E-state index contributed by atoms with van der Waals surface area (Å²) in [5.74, 6) is -0.0449. The molecule has 110 valence electrons. The van der Waals surface area contributed by atoms with Crippen LogP contribution in [-0.2, 0) is 16.0 Å². The van der Waals surface area contributed by atoms with Gasteiger partial charge in [-0.25, -0.2) is 0 Å². The number of ether oxygens (including phenoxy) is 1. The van der Waals surface area contributed by atoms with Crippen LogP contribution in [0, 0.1) is 0 Å². The molecule has 20 heavy (non-hydrogen) atoms. The van der Waals surface area contributed by atoms with Crippen molar-refractivity contribution >= 4 is 5.91 Å². The Morgan fingerprint density at radius 3 is 2.85 bits per heavy atom. The maximum Gasteiger partial charge on any atom is 0.222 e. The molecule has 0 spiro atoms. The summed E-state index contributed by atoms with van der Waals surface area (Å²) in [5, 5.41) is 13.0. The van der Waals surface area contributed by atoms with E-state index in [0.29, 0.717) is 12.8 Å². The number of amides is 1. The Kier molecular flexibility index (Phi) is 5.56. The highest BCUT2D eigenvalue weighted by Gasteiger charge is 2.22. The molecular formula is C16H23NO3. The molecule has 1 amide bonds. The second-order valence-corrected chi connectivity index (χ2v) is 5.45. The van der Waals surface area contributed by atoms with Crippen molar-refractivity contribution < 1.29 is 14.6 Å². The molecule has 3 atom stereocenters. The van der Waals surface area contributed by atoms with E-state index in [1.165, 1.54) is 0 Å². The Labute approximate surface area is 120 Å². The van der Waals surface area contributed by atoms with Gasteiger partial charge in [0.25, 0.3) is 0 Å². The topological polar surface area (TPSA) is 58.6 Å². The van der Waals surface area contributed by atoms with Crippen LogP contribution in [0.15, 0.2) is 30.3 Å². The summed E-state index contributed by atoms with van der Waals surface area (Å²) in [6.07, 6.45) is 2.39. The molecule has 1 saturated heterocycles. The summed E-state index contributed by atoms with van der Waals surface area (Å²) in [6, 6.07) is 9.53. The zero-order chi connectivity index (χ0) is 14.4. The molecule has 1 fully saturated rings. The smallest absolute Gasteiger partial charge is 0.222 e. The maximum atomic E-state index is 11.9. The summed E-state index contributed by atoms with van der Waals surface area (Å²) in [7, 11) is 0. The lowest BCUT2D eigenvalue weighted by molar-refractivity contribution is -0.124. The van der Waals surface area contributed by atoms with Crippen molar-refractivity contribution in [1.29, 1.82) is 0 Å². The van der Waals surface area contributed by atoms with Gasteiger partial charge in [0.1, 0.15) is 0 Å². The van der Waals surface area contributed by atoms with Crippen LogP contribution in [0.5, 0.6) is 0 Å². The lowest BCUT2D eigenvalue weighted by Gasteiger charge is -2.21. The predicted molar refractivity (Wildman–Crippen MR) is 77.3 cm³/mol. The molecule has 1 aliphatic rings. The van der Waals surface area contributed by atoms with Gasteiger partial charge in [0.15, 0.2) is 0 Å². The van der Waals surface area contributed by atoms with Gasteiger partial charge in [0, 0.05) is 13.0 Å². The molecule has 0 saturated carbocycles. The van der Waals surface area contributed by atoms with E-state index in [2.05, 4.69) is 5.32 Å². The minimum atomic E-state index is -0.578. The fourth-order valence-corrected chi connectivity index (χ4v) is 2.45. The molecule has 0 radical (unpaired) electrons. The van der Waals surface area contributed by atoms with Crippen molar-refractivity contribution in [3.05, 3.63) is 35.9 Å². The molecular weight excluding hydrogens is 254 g/mol. The third kappa shape index (κ3) is 4.62. The standard InChI is InChI=1S/C16H23NO3/c1-12(15(18)10-13-6-3-2-4-7-13)17-16(19)11-14-8-5-9-20-14/h2-4,6-7,12,14-15,18H,5,8-11H2,1H3,(H,17,19). The maximum absolute atomic E-state index is 11.9. The van der Waals surface area contributed by atoms with Crippen molar-refractivity contribution in [2.45, 2.75) is 50.9 Å². The monoisotopic (exact) mass is 277 g/mol. The van der Waals surface area contributed by atoms with Crippen LogP contribution in [-0.4, -0.2) is 35.9 Å². The molecule has 0 aromatic heterocycles. The number of carbonyl (C=O) groups is 1. The number of hydrogen-bond acceptors (Lipinski definition) is 3. The number of aliphatic hydroxyl groups excluding tert-OH is 1. The van der Waals surface area contributed by atoms with E-state index in [9.17, 15) is 9.90 Å². The lowest BCUT2D eigenvalue weighted by atomic mass is 10.0. The fourth-order valence-electron chi connectivity index (χ4n) is 2.45. The van der Waals surface area contributed by atoms with E-state index < -0.39 is 6.10 Å². The highest BCUT2D eigenvalue weighted by atomic mass is 16.5. The lowest BCUT2D eigenvalue weighted by Crippen LogP contribution is -2.43. The molecule has 1 heterocycles. The third-order valence-electron chi connectivity index (χ3n) is 3.69. The van der Waals surface area contributed by atoms with E-state index in [-0.39, 0.29) is 18.1 Å². The highest BCUT2D eigenvalue weighted by Crippen LogP contribution is 2.15. The van der Waals surface area contributed by atoms with E-state index >= 15 is 0 Å². The first-order chi connectivity index (χ1) is 9.65. The zero-order valence-corrected chi connectivity index (χ0v) is 11.9. The summed E-state index contributed by atoms with van der Waals surface area (Å²) in [5.41, 5.74) is 1.07. The van der Waals surface area contributed by atoms with Crippen molar-refractivity contribution in [2.75, 3.05) is 6.61 Å². The van der Waals surface area contributed by atoms with Crippen LogP contribution in [0.1, 0.15) is 31.7 Å². The SMILES string of the molecule is CC(NC(=O)CC1CCCO1)C(O)Cc1ccccc1. The molecule has 3 unspecified atom stereocenters. The molecule has 4 nitrogen and oxygen atoms in total. The Morgan fingerprint density at radius 2 is 2.20 bits per heavy atom. The second-order valence-electron chi connectivity index (χ2n) is 5.45. The van der Waals surface area contributed by atoms with Crippen LogP contribution in [0.3, 0.4) is 0 Å². The fraction of sp³-hybridized carbons (Fsp3) is 0.562. The molecule has 0 aliphatic carbocycles. The van der Waals surface area contributed by atoms with Crippen LogP contribution < -0.4 is 5.32 Å². The first-order valence-electron chi connectivity index (χ1n) is 7.28. The highest BCUT2D eigenvalue weighted by molar-refractivity contribution is 5.76. The molecule has 0 bridgehead atoms. The van der Waals surface area contributed by atoms with E-state index in [0.717, 1.165) is 25.0 Å². The van der Waals surface area contributed by atoms with Gasteiger partial charge < -0.3 is 15.2 Å². The number of rotatable bonds is 6. The molecule has 1 aromatic rings. The molecule has 2 rings (SSSR count). The minimum Gasteiger partial charge on any atom is -0.391 e. The van der Waals surface area contributed by atoms with Gasteiger partial charge in [-0.2, -0.15) is 0 Å². The molecule has 4 heteroatoms. The Balaban J connectivity index is 1.75. The van der Waals surface area contributed by atoms with Gasteiger partial charge in [-0.3, -0.25) is 4.79 Å². The largest absolute Gasteiger partial charge is 0.391 e. The average molecular weight is 277 g/mol. The van der Waals surface area contributed by atoms with Crippen LogP contribution in [0.25, 0.3) is 0 Å². The Morgan fingerprint density at radius 1 is 1.45 bits per heavy atom. The van der Waals surface area contributed by atoms with Crippen molar-refractivity contribution in [1.82, 2.24) is 5.32 Å². The number of hydrogen-bond donors (Lipinski definition) is 2. The average Bonchev–Trinajstić information content (AvgIpc) is 2.92. The summed E-state index contributed by atoms with van der Waals surface area (Å²) in [6.45, 7) is 2.59. The second kappa shape index (κ2) is 7.41. The Hall–Kier alpha value is -1.39. The summed E-state index contributed by atoms with van der Waals surface area (Å²) < 4.78 is 5.44. The van der Waals surface area contributed by atoms with Crippen molar-refractivity contribution in [3.63, 3.8) is 0 Å². The minimum absolute atomic E-state index is 0.0449. The summed E-state index contributed by atoms with van der Waals surface area (Å²) >= 11 is 0. The quantitative estimate of drug-likeness (QED) is 0.831. The first-order valence-corrected chi connectivity index (χ1v) is 7.28. The van der Waals surface area contributed by atoms with E-state index in [1.807, 2.05) is 37.3 Å². The van der Waals surface area contributed by atoms with E-state index in [1.54, 1.807) is 0 Å². The van der Waals surface area contributed by atoms with Gasteiger partial charge in [-0.1, -0.05) is 30.3 Å². The van der Waals surface area contributed by atoms with Crippen LogP contribution >= 0.6 is 0 Å². The predicted octanol–water partition coefficient (Wildman–Crippen LogP) is 1.66. The molecule has 1 aliphatic heterocycles. The first kappa shape index (κ1) is 15.0.